The largest absolute Gasteiger partial charge is 0.497 e. The quantitative estimate of drug-likeness (QED) is 0.852. The summed E-state index contributed by atoms with van der Waals surface area (Å²) in [6.07, 6.45) is 0.538. The van der Waals surface area contributed by atoms with Gasteiger partial charge in [0, 0.05) is 12.5 Å². The molecule has 1 heterocycles. The van der Waals surface area contributed by atoms with Gasteiger partial charge in [-0.25, -0.2) is 0 Å². The predicted octanol–water partition coefficient (Wildman–Crippen LogP) is 1.62. The van der Waals surface area contributed by atoms with Crippen molar-refractivity contribution in [2.24, 2.45) is 4.40 Å². The van der Waals surface area contributed by atoms with Crippen molar-refractivity contribution in [3.8, 4) is 5.75 Å². The summed E-state index contributed by atoms with van der Waals surface area (Å²) in [7, 11) is -2.02. The Morgan fingerprint density at radius 1 is 1.44 bits per heavy atom. The maximum Gasteiger partial charge on any atom is 0.286 e. The van der Waals surface area contributed by atoms with Gasteiger partial charge < -0.3 is 10.1 Å². The summed E-state index contributed by atoms with van der Waals surface area (Å²) in [6, 6.07) is 4.74. The highest BCUT2D eigenvalue weighted by molar-refractivity contribution is 7.90. The highest BCUT2D eigenvalue weighted by atomic mass is 32.2. The Morgan fingerprint density at radius 2 is 2.19 bits per heavy atom. The Labute approximate surface area is 94.2 Å². The Kier molecular flexibility index (Phi) is 2.59. The van der Waals surface area contributed by atoms with Crippen LogP contribution in [0.4, 0.5) is 5.69 Å². The van der Waals surface area contributed by atoms with E-state index < -0.39 is 10.0 Å². The van der Waals surface area contributed by atoms with Crippen molar-refractivity contribution in [2.45, 2.75) is 18.2 Å². The summed E-state index contributed by atoms with van der Waals surface area (Å²) < 4.78 is 32.3. The number of fused-ring (bicyclic) bond motifs is 1. The fourth-order valence-corrected chi connectivity index (χ4v) is 2.68. The standard InChI is InChI=1S/C10H12N2O3S/c1-3-10-11-8-6-7(15-2)4-5-9(8)16(13,14)12-10/h4-6H,3H2,1-2H3,(H,11,12). The molecule has 0 bridgehead atoms. The first-order chi connectivity index (χ1) is 7.56. The molecule has 0 radical (unpaired) electrons. The maximum absolute atomic E-state index is 11.8. The minimum Gasteiger partial charge on any atom is -0.497 e. The second-order valence-electron chi connectivity index (χ2n) is 3.35. The third-order valence-electron chi connectivity index (χ3n) is 2.31. The van der Waals surface area contributed by atoms with E-state index in [0.29, 0.717) is 23.7 Å². The van der Waals surface area contributed by atoms with E-state index in [-0.39, 0.29) is 4.90 Å². The first-order valence-corrected chi connectivity index (χ1v) is 6.29. The van der Waals surface area contributed by atoms with Gasteiger partial charge >= 0.3 is 0 Å². The van der Waals surface area contributed by atoms with Crippen molar-refractivity contribution in [3.05, 3.63) is 18.2 Å². The molecule has 1 aromatic rings. The van der Waals surface area contributed by atoms with Gasteiger partial charge in [0.1, 0.15) is 16.5 Å². The van der Waals surface area contributed by atoms with Crippen molar-refractivity contribution >= 4 is 21.5 Å². The summed E-state index contributed by atoms with van der Waals surface area (Å²) >= 11 is 0. The molecule has 0 saturated heterocycles. The monoisotopic (exact) mass is 240 g/mol. The van der Waals surface area contributed by atoms with Crippen LogP contribution in [0.1, 0.15) is 13.3 Å². The summed E-state index contributed by atoms with van der Waals surface area (Å²) in [5.41, 5.74) is 0.520. The fourth-order valence-electron chi connectivity index (χ4n) is 1.48. The molecule has 0 atom stereocenters. The van der Waals surface area contributed by atoms with Gasteiger partial charge in [-0.05, 0) is 12.1 Å². The number of rotatable bonds is 2. The van der Waals surface area contributed by atoms with Crippen LogP contribution in [0, 0.1) is 0 Å². The fraction of sp³-hybridized carbons (Fsp3) is 0.300. The van der Waals surface area contributed by atoms with E-state index in [1.165, 1.54) is 13.2 Å². The van der Waals surface area contributed by atoms with E-state index in [4.69, 9.17) is 4.74 Å². The first-order valence-electron chi connectivity index (χ1n) is 4.85. The summed E-state index contributed by atoms with van der Waals surface area (Å²) in [5, 5.41) is 2.97. The number of ether oxygens (including phenoxy) is 1. The van der Waals surface area contributed by atoms with Gasteiger partial charge in [0.2, 0.25) is 0 Å². The molecule has 1 N–H and O–H groups in total. The van der Waals surface area contributed by atoms with Crippen molar-refractivity contribution in [3.63, 3.8) is 0 Å². The number of nitrogens with zero attached hydrogens (tertiary/aromatic N) is 1. The molecule has 0 aliphatic carbocycles. The van der Waals surface area contributed by atoms with Crippen LogP contribution < -0.4 is 10.1 Å². The van der Waals surface area contributed by atoms with E-state index in [1.807, 2.05) is 6.92 Å². The van der Waals surface area contributed by atoms with Crippen molar-refractivity contribution in [1.29, 1.82) is 0 Å². The zero-order valence-corrected chi connectivity index (χ0v) is 9.84. The van der Waals surface area contributed by atoms with Crippen LogP contribution >= 0.6 is 0 Å². The van der Waals surface area contributed by atoms with Crippen molar-refractivity contribution in [2.75, 3.05) is 12.4 Å². The highest BCUT2D eigenvalue weighted by Gasteiger charge is 2.24. The summed E-state index contributed by atoms with van der Waals surface area (Å²) in [5.74, 6) is 1.06. The molecule has 1 aliphatic rings. The van der Waals surface area contributed by atoms with Crippen LogP contribution in [-0.4, -0.2) is 21.4 Å². The van der Waals surface area contributed by atoms with Gasteiger partial charge in [-0.3, -0.25) is 0 Å². The molecular weight excluding hydrogens is 228 g/mol. The SMILES string of the molecule is CCC1=NS(=O)(=O)c2ccc(OC)cc2N1. The van der Waals surface area contributed by atoms with Crippen LogP contribution in [0.15, 0.2) is 27.5 Å². The Morgan fingerprint density at radius 3 is 2.81 bits per heavy atom. The highest BCUT2D eigenvalue weighted by Crippen LogP contribution is 2.30. The van der Waals surface area contributed by atoms with Gasteiger partial charge in [-0.1, -0.05) is 6.92 Å². The molecule has 86 valence electrons. The lowest BCUT2D eigenvalue weighted by Gasteiger charge is -2.17. The number of anilines is 1. The molecular formula is C10H12N2O3S. The molecule has 5 nitrogen and oxygen atoms in total. The lowest BCUT2D eigenvalue weighted by molar-refractivity contribution is 0.414. The molecule has 1 aromatic carbocycles. The van der Waals surface area contributed by atoms with Crippen molar-refractivity contribution in [1.82, 2.24) is 0 Å². The Hall–Kier alpha value is -1.56. The summed E-state index contributed by atoms with van der Waals surface area (Å²) in [6.45, 7) is 1.84. The molecule has 0 unspecified atom stereocenters. The molecule has 0 amide bonds. The molecule has 0 fully saturated rings. The second kappa shape index (κ2) is 3.79. The lowest BCUT2D eigenvalue weighted by atomic mass is 10.3. The van der Waals surface area contributed by atoms with Crippen LogP contribution in [0.5, 0.6) is 5.75 Å². The van der Waals surface area contributed by atoms with Crippen LogP contribution in [0.3, 0.4) is 0 Å². The average molecular weight is 240 g/mol. The molecule has 0 saturated carbocycles. The number of benzene rings is 1. The smallest absolute Gasteiger partial charge is 0.286 e. The zero-order valence-electron chi connectivity index (χ0n) is 9.02. The van der Waals surface area contributed by atoms with Crippen LogP contribution in [-0.2, 0) is 10.0 Å². The van der Waals surface area contributed by atoms with E-state index >= 15 is 0 Å². The molecule has 16 heavy (non-hydrogen) atoms. The third-order valence-corrected chi connectivity index (χ3v) is 3.68. The summed E-state index contributed by atoms with van der Waals surface area (Å²) in [4.78, 5) is 0.186. The van der Waals surface area contributed by atoms with Gasteiger partial charge in [0.05, 0.1) is 12.8 Å². The molecule has 6 heteroatoms. The second-order valence-corrected chi connectivity index (χ2v) is 4.93. The Balaban J connectivity index is 2.58. The number of amidine groups is 1. The van der Waals surface area contributed by atoms with E-state index in [1.54, 1.807) is 12.1 Å². The zero-order chi connectivity index (χ0) is 11.8. The maximum atomic E-state index is 11.8. The molecule has 0 aromatic heterocycles. The number of hydrogen-bond acceptors (Lipinski definition) is 4. The van der Waals surface area contributed by atoms with E-state index in [0.717, 1.165) is 0 Å². The van der Waals surface area contributed by atoms with Crippen molar-refractivity contribution < 1.29 is 13.2 Å². The molecule has 1 aliphatic heterocycles. The van der Waals surface area contributed by atoms with Gasteiger partial charge in [-0.15, -0.1) is 4.40 Å². The van der Waals surface area contributed by atoms with Crippen LogP contribution in [0.2, 0.25) is 0 Å². The third kappa shape index (κ3) is 1.76. The van der Waals surface area contributed by atoms with E-state index in [9.17, 15) is 8.42 Å². The number of sulfonamides is 1. The number of methoxy groups -OCH3 is 1. The number of hydrogen-bond donors (Lipinski definition) is 1. The Bertz CT molecular complexity index is 549. The van der Waals surface area contributed by atoms with Crippen LogP contribution in [0.25, 0.3) is 0 Å². The minimum atomic E-state index is -3.56. The predicted molar refractivity (Wildman–Crippen MR) is 61.5 cm³/mol. The van der Waals surface area contributed by atoms with Gasteiger partial charge in [0.15, 0.2) is 0 Å². The lowest BCUT2D eigenvalue weighted by Crippen LogP contribution is -2.20. The topological polar surface area (TPSA) is 67.8 Å². The van der Waals surface area contributed by atoms with E-state index in [2.05, 4.69) is 9.71 Å². The molecule has 0 spiro atoms. The first kappa shape index (κ1) is 10.9. The average Bonchev–Trinajstić information content (AvgIpc) is 2.27. The minimum absolute atomic E-state index is 0.186. The normalized spacial score (nSPS) is 17.0. The van der Waals surface area contributed by atoms with Gasteiger partial charge in [-0.2, -0.15) is 8.42 Å². The van der Waals surface area contributed by atoms with Gasteiger partial charge in [0.25, 0.3) is 10.0 Å². The molecule has 2 rings (SSSR count). The number of nitrogens with one attached hydrogen (secondary N) is 1.